The van der Waals surface area contributed by atoms with Gasteiger partial charge in [-0.3, -0.25) is 19.4 Å². The fraction of sp³-hybridized carbons (Fsp3) is 0.353. The highest BCUT2D eigenvalue weighted by atomic mass is 35.5. The van der Waals surface area contributed by atoms with Gasteiger partial charge in [0, 0.05) is 43.7 Å². The molecule has 27 heavy (non-hydrogen) atoms. The van der Waals surface area contributed by atoms with Crippen molar-refractivity contribution in [2.24, 2.45) is 0 Å². The Morgan fingerprint density at radius 1 is 1.33 bits per heavy atom. The summed E-state index contributed by atoms with van der Waals surface area (Å²) in [6.07, 6.45) is 6.02. The van der Waals surface area contributed by atoms with Crippen LogP contribution in [0.1, 0.15) is 23.5 Å². The maximum Gasteiger partial charge on any atom is 0.220 e. The van der Waals surface area contributed by atoms with E-state index in [2.05, 4.69) is 36.8 Å². The number of rotatable bonds is 6. The van der Waals surface area contributed by atoms with Crippen LogP contribution >= 0.6 is 23.7 Å². The third-order valence-electron chi connectivity index (χ3n) is 4.13. The van der Waals surface area contributed by atoms with Crippen LogP contribution in [-0.4, -0.2) is 37.2 Å². The predicted octanol–water partition coefficient (Wildman–Crippen LogP) is 1.57. The second-order valence-electron chi connectivity index (χ2n) is 6.04. The van der Waals surface area contributed by atoms with Crippen molar-refractivity contribution >= 4 is 29.7 Å². The molecule has 0 radical (unpaired) electrons. The summed E-state index contributed by atoms with van der Waals surface area (Å²) in [5.41, 5.74) is 3.73. The number of nitrogens with one attached hydrogen (secondary N) is 2. The van der Waals surface area contributed by atoms with Crippen LogP contribution in [0.15, 0.2) is 30.0 Å². The van der Waals surface area contributed by atoms with E-state index in [1.807, 2.05) is 10.1 Å². The van der Waals surface area contributed by atoms with Crippen LogP contribution in [-0.2, 0) is 30.8 Å². The van der Waals surface area contributed by atoms with E-state index in [0.717, 1.165) is 41.7 Å². The molecule has 10 heteroatoms. The number of carbonyl (C=O) groups is 1. The summed E-state index contributed by atoms with van der Waals surface area (Å²) in [6.45, 7) is 3.09. The van der Waals surface area contributed by atoms with Gasteiger partial charge in [-0.15, -0.1) is 23.7 Å². The molecule has 8 nitrogen and oxygen atoms in total. The molecule has 0 saturated heterocycles. The van der Waals surface area contributed by atoms with Crippen molar-refractivity contribution < 1.29 is 4.79 Å². The van der Waals surface area contributed by atoms with Gasteiger partial charge < -0.3 is 10.6 Å². The largest absolute Gasteiger partial charge is 0.350 e. The first-order valence-electron chi connectivity index (χ1n) is 8.52. The van der Waals surface area contributed by atoms with Gasteiger partial charge in [-0.1, -0.05) is 0 Å². The van der Waals surface area contributed by atoms with Crippen molar-refractivity contribution in [3.05, 3.63) is 47.1 Å². The van der Waals surface area contributed by atoms with Gasteiger partial charge in [0.15, 0.2) is 0 Å². The Labute approximate surface area is 166 Å². The fourth-order valence-corrected chi connectivity index (χ4v) is 3.59. The maximum atomic E-state index is 12.1. The van der Waals surface area contributed by atoms with Crippen molar-refractivity contribution in [2.75, 3.05) is 6.54 Å². The standard InChI is InChI=1S/C17H19N7OS.ClH/c25-16(2-1-12-7-14-9-19-5-6-24(14)23-12)21-8-13-11-26-17(22-13)15-10-18-3-4-20-15;/h3-4,7,10-11,19H,1-2,5-6,8-9H2,(H,21,25);1H. The lowest BCUT2D eigenvalue weighted by atomic mass is 10.2. The number of hydrogen-bond donors (Lipinski definition) is 2. The molecule has 1 aliphatic heterocycles. The Hall–Kier alpha value is -2.36. The molecular formula is C17H20ClN7OS. The van der Waals surface area contributed by atoms with E-state index in [1.165, 1.54) is 17.0 Å². The second kappa shape index (κ2) is 9.03. The molecule has 0 aliphatic carbocycles. The molecule has 4 rings (SSSR count). The number of fused-ring (bicyclic) bond motifs is 1. The van der Waals surface area contributed by atoms with Crippen LogP contribution in [0.4, 0.5) is 0 Å². The average molecular weight is 406 g/mol. The minimum Gasteiger partial charge on any atom is -0.350 e. The summed E-state index contributed by atoms with van der Waals surface area (Å²) in [6, 6.07) is 2.08. The minimum absolute atomic E-state index is 0. The Balaban J connectivity index is 0.00000210. The third-order valence-corrected chi connectivity index (χ3v) is 5.04. The number of nitrogens with zero attached hydrogens (tertiary/aromatic N) is 5. The highest BCUT2D eigenvalue weighted by Gasteiger charge is 2.13. The van der Waals surface area contributed by atoms with Crippen molar-refractivity contribution in [1.29, 1.82) is 0 Å². The average Bonchev–Trinajstić information content (AvgIpc) is 3.32. The van der Waals surface area contributed by atoms with Crippen molar-refractivity contribution in [3.8, 4) is 10.7 Å². The fourth-order valence-electron chi connectivity index (χ4n) is 2.81. The molecule has 2 N–H and O–H groups in total. The van der Waals surface area contributed by atoms with Gasteiger partial charge in [-0.05, 0) is 6.07 Å². The zero-order chi connectivity index (χ0) is 17.8. The first-order valence-corrected chi connectivity index (χ1v) is 9.40. The summed E-state index contributed by atoms with van der Waals surface area (Å²) >= 11 is 1.50. The van der Waals surface area contributed by atoms with Gasteiger partial charge >= 0.3 is 0 Å². The topological polar surface area (TPSA) is 97.6 Å². The molecule has 1 amide bonds. The van der Waals surface area contributed by atoms with E-state index in [0.29, 0.717) is 19.4 Å². The molecule has 0 aromatic carbocycles. The summed E-state index contributed by atoms with van der Waals surface area (Å²) in [4.78, 5) is 24.9. The lowest BCUT2D eigenvalue weighted by Crippen LogP contribution is -2.28. The number of halogens is 1. The Kier molecular flexibility index (Phi) is 6.49. The minimum atomic E-state index is 0. The van der Waals surface area contributed by atoms with Crippen LogP contribution in [0.3, 0.4) is 0 Å². The van der Waals surface area contributed by atoms with Crippen molar-refractivity contribution in [1.82, 2.24) is 35.4 Å². The summed E-state index contributed by atoms with van der Waals surface area (Å²) in [5.74, 6) is 0.00292. The number of aryl methyl sites for hydroxylation is 1. The lowest BCUT2D eigenvalue weighted by molar-refractivity contribution is -0.121. The molecule has 0 atom stereocenters. The van der Waals surface area contributed by atoms with E-state index in [9.17, 15) is 4.79 Å². The van der Waals surface area contributed by atoms with E-state index in [-0.39, 0.29) is 18.3 Å². The van der Waals surface area contributed by atoms with Crippen LogP contribution in [0, 0.1) is 0 Å². The number of aromatic nitrogens is 5. The maximum absolute atomic E-state index is 12.1. The predicted molar refractivity (Wildman–Crippen MR) is 104 cm³/mol. The van der Waals surface area contributed by atoms with E-state index >= 15 is 0 Å². The molecule has 3 aromatic heterocycles. The normalized spacial score (nSPS) is 12.9. The van der Waals surface area contributed by atoms with Gasteiger partial charge in [0.1, 0.15) is 10.7 Å². The van der Waals surface area contributed by atoms with Gasteiger partial charge in [0.2, 0.25) is 5.91 Å². The molecule has 3 aromatic rings. The summed E-state index contributed by atoms with van der Waals surface area (Å²) < 4.78 is 2.02. The molecule has 0 saturated carbocycles. The molecule has 0 fully saturated rings. The highest BCUT2D eigenvalue weighted by Crippen LogP contribution is 2.20. The molecular weight excluding hydrogens is 386 g/mol. The highest BCUT2D eigenvalue weighted by molar-refractivity contribution is 7.13. The first kappa shape index (κ1) is 19.4. The molecule has 0 unspecified atom stereocenters. The second-order valence-corrected chi connectivity index (χ2v) is 6.90. The number of hydrogen-bond acceptors (Lipinski definition) is 7. The lowest BCUT2D eigenvalue weighted by Gasteiger charge is -2.13. The monoisotopic (exact) mass is 405 g/mol. The molecule has 1 aliphatic rings. The van der Waals surface area contributed by atoms with Crippen LogP contribution in [0.2, 0.25) is 0 Å². The SMILES string of the molecule is Cl.O=C(CCc1cc2n(n1)CCNC2)NCc1csc(-c2cnccn2)n1. The molecule has 0 bridgehead atoms. The van der Waals surface area contributed by atoms with E-state index in [1.54, 1.807) is 18.6 Å². The molecule has 142 valence electrons. The van der Waals surface area contributed by atoms with Gasteiger partial charge in [0.05, 0.1) is 36.4 Å². The van der Waals surface area contributed by atoms with Gasteiger partial charge in [-0.25, -0.2) is 4.98 Å². The number of thiazole rings is 1. The Morgan fingerprint density at radius 2 is 2.26 bits per heavy atom. The summed E-state index contributed by atoms with van der Waals surface area (Å²) in [7, 11) is 0. The Morgan fingerprint density at radius 3 is 3.07 bits per heavy atom. The van der Waals surface area contributed by atoms with E-state index in [4.69, 9.17) is 0 Å². The number of amides is 1. The quantitative estimate of drug-likeness (QED) is 0.646. The smallest absolute Gasteiger partial charge is 0.220 e. The van der Waals surface area contributed by atoms with Crippen LogP contribution in [0.5, 0.6) is 0 Å². The first-order chi connectivity index (χ1) is 12.8. The zero-order valence-corrected chi connectivity index (χ0v) is 16.2. The third kappa shape index (κ3) is 4.88. The zero-order valence-electron chi connectivity index (χ0n) is 14.6. The van der Waals surface area contributed by atoms with Crippen molar-refractivity contribution in [3.63, 3.8) is 0 Å². The van der Waals surface area contributed by atoms with Crippen LogP contribution in [0.25, 0.3) is 10.7 Å². The van der Waals surface area contributed by atoms with Crippen molar-refractivity contribution in [2.45, 2.75) is 32.5 Å². The van der Waals surface area contributed by atoms with E-state index < -0.39 is 0 Å². The van der Waals surface area contributed by atoms with Gasteiger partial charge in [-0.2, -0.15) is 5.10 Å². The molecule has 0 spiro atoms. The molecule has 4 heterocycles. The van der Waals surface area contributed by atoms with Crippen LogP contribution < -0.4 is 10.6 Å². The Bertz CT molecular complexity index is 872. The van der Waals surface area contributed by atoms with Gasteiger partial charge in [0.25, 0.3) is 0 Å². The number of carbonyl (C=O) groups excluding carboxylic acids is 1. The summed E-state index contributed by atoms with van der Waals surface area (Å²) in [5, 5.41) is 13.5.